The van der Waals surface area contributed by atoms with Gasteiger partial charge in [0.05, 0.1) is 11.6 Å². The summed E-state index contributed by atoms with van der Waals surface area (Å²) in [5.41, 5.74) is -0.574. The van der Waals surface area contributed by atoms with Crippen LogP contribution in [0.3, 0.4) is 0 Å². The van der Waals surface area contributed by atoms with E-state index >= 15 is 0 Å². The van der Waals surface area contributed by atoms with Gasteiger partial charge in [-0.3, -0.25) is 9.59 Å². The summed E-state index contributed by atoms with van der Waals surface area (Å²) in [6.45, 7) is 1.44. The number of nitrogens with one attached hydrogen (secondary N) is 2. The summed E-state index contributed by atoms with van der Waals surface area (Å²) in [5.74, 6) is 0.985. The highest BCUT2D eigenvalue weighted by atomic mass is 31.2. The fourth-order valence-corrected chi connectivity index (χ4v) is 3.70. The molecule has 2 aromatic rings. The molecule has 0 aliphatic carbocycles. The normalized spacial score (nSPS) is 16.4. The first-order valence-electron chi connectivity index (χ1n) is 7.55. The quantitative estimate of drug-likeness (QED) is 0.603. The Kier molecular flexibility index (Phi) is 4.75. The molecule has 1 fully saturated rings. The summed E-state index contributed by atoms with van der Waals surface area (Å²) in [4.78, 5) is 46.7. The third-order valence-electron chi connectivity index (χ3n) is 4.32. The molecule has 0 radical (unpaired) electrons. The van der Waals surface area contributed by atoms with Gasteiger partial charge in [0.2, 0.25) is 5.56 Å². The number of piperidine rings is 1. The van der Waals surface area contributed by atoms with Crippen LogP contribution in [0.5, 0.6) is 0 Å². The maximum atomic E-state index is 12.1. The van der Waals surface area contributed by atoms with Gasteiger partial charge < -0.3 is 19.7 Å². The van der Waals surface area contributed by atoms with E-state index in [1.807, 2.05) is 4.90 Å². The number of hydrogen-bond donors (Lipinski definition) is 4. The topological polar surface area (TPSA) is 122 Å². The number of fused-ring (bicyclic) bond motifs is 1. The third kappa shape index (κ3) is 3.60. The molecule has 1 aliphatic heterocycles. The van der Waals surface area contributed by atoms with Crippen LogP contribution in [0.1, 0.15) is 19.3 Å². The van der Waals surface area contributed by atoms with Gasteiger partial charge in [0.25, 0.3) is 5.56 Å². The Bertz CT molecular complexity index is 795. The molecule has 3 heterocycles. The van der Waals surface area contributed by atoms with Gasteiger partial charge in [0, 0.05) is 30.7 Å². The van der Waals surface area contributed by atoms with Gasteiger partial charge in [0.15, 0.2) is 8.38 Å². The average Bonchev–Trinajstić information content (AvgIpc) is 2.52. The summed E-state index contributed by atoms with van der Waals surface area (Å²) < 4.78 is 0. The zero-order valence-electron chi connectivity index (χ0n) is 12.5. The summed E-state index contributed by atoms with van der Waals surface area (Å²) in [7, 11) is -1.83. The van der Waals surface area contributed by atoms with Crippen molar-refractivity contribution in [2.45, 2.75) is 19.3 Å². The number of aromatic nitrogens is 3. The van der Waals surface area contributed by atoms with Gasteiger partial charge in [-0.25, -0.2) is 5.10 Å². The Hall–Kier alpha value is -1.76. The predicted molar refractivity (Wildman–Crippen MR) is 88.8 cm³/mol. The van der Waals surface area contributed by atoms with Gasteiger partial charge in [-0.05, 0) is 25.2 Å². The lowest BCUT2D eigenvalue weighted by Gasteiger charge is -2.33. The van der Waals surface area contributed by atoms with Crippen LogP contribution in [0.25, 0.3) is 10.8 Å². The molecular formula is C14H19N4O4P. The molecule has 0 aromatic carbocycles. The molecule has 0 spiro atoms. The van der Waals surface area contributed by atoms with E-state index in [1.165, 1.54) is 12.3 Å². The van der Waals surface area contributed by atoms with Gasteiger partial charge in [-0.1, -0.05) is 0 Å². The van der Waals surface area contributed by atoms with E-state index in [2.05, 4.69) is 15.2 Å². The molecule has 4 N–H and O–H groups in total. The minimum atomic E-state index is -1.83. The molecule has 0 bridgehead atoms. The molecule has 124 valence electrons. The monoisotopic (exact) mass is 338 g/mol. The van der Waals surface area contributed by atoms with Crippen molar-refractivity contribution in [1.82, 2.24) is 15.2 Å². The van der Waals surface area contributed by atoms with Gasteiger partial charge in [0.1, 0.15) is 5.82 Å². The van der Waals surface area contributed by atoms with E-state index < -0.39 is 8.38 Å². The number of aromatic amines is 2. The van der Waals surface area contributed by atoms with Gasteiger partial charge in [-0.2, -0.15) is 5.10 Å². The molecular weight excluding hydrogens is 319 g/mol. The highest BCUT2D eigenvalue weighted by Crippen LogP contribution is 2.31. The number of pyridine rings is 1. The number of rotatable bonds is 4. The van der Waals surface area contributed by atoms with Crippen LogP contribution in [0.4, 0.5) is 5.82 Å². The molecule has 3 rings (SSSR count). The second-order valence-corrected chi connectivity index (χ2v) is 7.02. The predicted octanol–water partition coefficient (Wildman–Crippen LogP) is 0.514. The average molecular weight is 338 g/mol. The number of hydrogen-bond acceptors (Lipinski definition) is 6. The first-order chi connectivity index (χ1) is 11.0. The molecule has 0 amide bonds. The highest BCUT2D eigenvalue weighted by Gasteiger charge is 2.22. The van der Waals surface area contributed by atoms with Crippen molar-refractivity contribution in [1.29, 1.82) is 0 Å². The molecule has 23 heavy (non-hydrogen) atoms. The van der Waals surface area contributed by atoms with E-state index in [1.54, 1.807) is 0 Å². The number of nitrogens with zero attached hydrogens (tertiary/aromatic N) is 2. The summed E-state index contributed by atoms with van der Waals surface area (Å²) in [6.07, 6.45) is 4.50. The maximum absolute atomic E-state index is 12.1. The minimum Gasteiger partial charge on any atom is -0.357 e. The fourth-order valence-electron chi connectivity index (χ4n) is 3.10. The van der Waals surface area contributed by atoms with Crippen molar-refractivity contribution in [3.63, 3.8) is 0 Å². The largest absolute Gasteiger partial charge is 0.357 e. The lowest BCUT2D eigenvalue weighted by molar-refractivity contribution is 0.386. The van der Waals surface area contributed by atoms with Crippen LogP contribution in [0.2, 0.25) is 0 Å². The Morgan fingerprint density at radius 3 is 2.74 bits per heavy atom. The van der Waals surface area contributed by atoms with Crippen molar-refractivity contribution in [2.75, 3.05) is 24.2 Å². The molecule has 1 aliphatic rings. The third-order valence-corrected chi connectivity index (χ3v) is 4.98. The Morgan fingerprint density at radius 2 is 2.04 bits per heavy atom. The van der Waals surface area contributed by atoms with Crippen molar-refractivity contribution in [3.8, 4) is 0 Å². The van der Waals surface area contributed by atoms with E-state index in [4.69, 9.17) is 9.79 Å². The molecule has 0 saturated carbocycles. The van der Waals surface area contributed by atoms with Gasteiger partial charge in [-0.15, -0.1) is 0 Å². The second kappa shape index (κ2) is 6.78. The van der Waals surface area contributed by atoms with Crippen LogP contribution < -0.4 is 16.0 Å². The number of H-pyrrole nitrogens is 2. The van der Waals surface area contributed by atoms with Crippen molar-refractivity contribution >= 4 is 25.0 Å². The molecule has 0 unspecified atom stereocenters. The molecule has 8 nitrogen and oxygen atoms in total. The Morgan fingerprint density at radius 1 is 1.30 bits per heavy atom. The first-order valence-corrected chi connectivity index (χ1v) is 8.99. The molecule has 1 saturated heterocycles. The zero-order valence-corrected chi connectivity index (χ0v) is 13.4. The SMILES string of the molecule is O=c1cc2cn[nH]c(=O)c2c(N2CCC(CCP(O)O)CC2)[nH]1. The van der Waals surface area contributed by atoms with Crippen molar-refractivity contribution in [2.24, 2.45) is 5.92 Å². The van der Waals surface area contributed by atoms with Crippen molar-refractivity contribution in [3.05, 3.63) is 33.0 Å². The summed E-state index contributed by atoms with van der Waals surface area (Å²) >= 11 is 0. The van der Waals surface area contributed by atoms with Crippen LogP contribution in [-0.4, -0.2) is 44.2 Å². The van der Waals surface area contributed by atoms with Crippen LogP contribution in [0.15, 0.2) is 21.9 Å². The van der Waals surface area contributed by atoms with E-state index in [0.717, 1.165) is 32.4 Å². The molecule has 9 heteroatoms. The fraction of sp³-hybridized carbons (Fsp3) is 0.500. The lowest BCUT2D eigenvalue weighted by Crippen LogP contribution is -2.36. The summed E-state index contributed by atoms with van der Waals surface area (Å²) in [6, 6.07) is 1.37. The highest BCUT2D eigenvalue weighted by molar-refractivity contribution is 7.45. The van der Waals surface area contributed by atoms with Crippen LogP contribution in [-0.2, 0) is 0 Å². The minimum absolute atomic E-state index is 0.256. The number of anilines is 1. The van der Waals surface area contributed by atoms with Crippen molar-refractivity contribution < 1.29 is 9.79 Å². The first kappa shape index (κ1) is 16.1. The van der Waals surface area contributed by atoms with Crippen LogP contribution in [0, 0.1) is 5.92 Å². The molecule has 0 atom stereocenters. The van der Waals surface area contributed by atoms with Crippen LogP contribution >= 0.6 is 8.38 Å². The maximum Gasteiger partial charge on any atom is 0.275 e. The zero-order chi connectivity index (χ0) is 16.4. The van der Waals surface area contributed by atoms with Gasteiger partial charge >= 0.3 is 0 Å². The van der Waals surface area contributed by atoms with E-state index in [9.17, 15) is 9.59 Å². The van der Waals surface area contributed by atoms with E-state index in [-0.39, 0.29) is 11.1 Å². The molecule has 2 aromatic heterocycles. The lowest BCUT2D eigenvalue weighted by atomic mass is 9.94. The Labute approximate surface area is 133 Å². The standard InChI is InChI=1S/C14H19N4O4P/c19-11-7-10-8-15-17-14(20)12(10)13(16-11)18-4-1-9(2-5-18)3-6-23(21)22/h7-9,21-22H,1-6H2,(H,16,19)(H,17,20). The second-order valence-electron chi connectivity index (χ2n) is 5.83. The smallest absolute Gasteiger partial charge is 0.275 e. The summed E-state index contributed by atoms with van der Waals surface area (Å²) in [5, 5.41) is 7.13. The Balaban J connectivity index is 1.82. The van der Waals surface area contributed by atoms with E-state index in [0.29, 0.717) is 28.7 Å².